The highest BCUT2D eigenvalue weighted by Gasteiger charge is 2.11. The molecule has 0 bridgehead atoms. The fourth-order valence-corrected chi connectivity index (χ4v) is 1.34. The summed E-state index contributed by atoms with van der Waals surface area (Å²) >= 11 is 0. The zero-order valence-electron chi connectivity index (χ0n) is 8.83. The smallest absolute Gasteiger partial charge is 0.292 e. The standard InChI is InChI=1S/C11H10N2O4/c12-10-6-8(3-4-11(10)13(14)15)17-7-9-2-1-5-16-9/h1-6H,7,12H2. The molecule has 1 heterocycles. The average Bonchev–Trinajstić information content (AvgIpc) is 2.78. The number of ether oxygens (including phenoxy) is 1. The Morgan fingerprint density at radius 2 is 2.24 bits per heavy atom. The van der Waals surface area contributed by atoms with Crippen molar-refractivity contribution in [1.82, 2.24) is 0 Å². The third kappa shape index (κ3) is 2.54. The van der Waals surface area contributed by atoms with E-state index in [1.54, 1.807) is 18.4 Å². The molecule has 17 heavy (non-hydrogen) atoms. The van der Waals surface area contributed by atoms with Gasteiger partial charge in [-0.3, -0.25) is 10.1 Å². The van der Waals surface area contributed by atoms with Gasteiger partial charge in [-0.2, -0.15) is 0 Å². The Morgan fingerprint density at radius 1 is 1.41 bits per heavy atom. The molecule has 0 atom stereocenters. The molecule has 0 amide bonds. The van der Waals surface area contributed by atoms with Crippen molar-refractivity contribution in [3.63, 3.8) is 0 Å². The van der Waals surface area contributed by atoms with Crippen LogP contribution in [0.2, 0.25) is 0 Å². The van der Waals surface area contributed by atoms with E-state index >= 15 is 0 Å². The van der Waals surface area contributed by atoms with E-state index in [2.05, 4.69) is 0 Å². The van der Waals surface area contributed by atoms with E-state index in [9.17, 15) is 10.1 Å². The lowest BCUT2D eigenvalue weighted by atomic mass is 10.2. The van der Waals surface area contributed by atoms with Gasteiger partial charge in [-0.15, -0.1) is 0 Å². The highest BCUT2D eigenvalue weighted by Crippen LogP contribution is 2.26. The summed E-state index contributed by atoms with van der Waals surface area (Å²) < 4.78 is 10.5. The van der Waals surface area contributed by atoms with Crippen LogP contribution >= 0.6 is 0 Å². The van der Waals surface area contributed by atoms with Gasteiger partial charge in [0.05, 0.1) is 11.2 Å². The van der Waals surface area contributed by atoms with Gasteiger partial charge in [0.15, 0.2) is 0 Å². The second kappa shape index (κ2) is 4.56. The second-order valence-corrected chi connectivity index (χ2v) is 3.35. The summed E-state index contributed by atoms with van der Waals surface area (Å²) in [4.78, 5) is 10.0. The molecule has 2 aromatic rings. The first kappa shape index (κ1) is 11.0. The van der Waals surface area contributed by atoms with Crippen molar-refractivity contribution < 1.29 is 14.1 Å². The number of nitrogen functional groups attached to an aromatic ring is 1. The predicted molar refractivity (Wildman–Crippen MR) is 60.5 cm³/mol. The summed E-state index contributed by atoms with van der Waals surface area (Å²) in [5, 5.41) is 10.5. The lowest BCUT2D eigenvalue weighted by Crippen LogP contribution is -1.98. The molecule has 88 valence electrons. The van der Waals surface area contributed by atoms with Crippen LogP contribution in [0.1, 0.15) is 5.76 Å². The quantitative estimate of drug-likeness (QED) is 0.498. The second-order valence-electron chi connectivity index (χ2n) is 3.35. The van der Waals surface area contributed by atoms with Crippen LogP contribution in [0.5, 0.6) is 5.75 Å². The van der Waals surface area contributed by atoms with Crippen molar-refractivity contribution in [3.8, 4) is 5.75 Å². The summed E-state index contributed by atoms with van der Waals surface area (Å²) in [5.41, 5.74) is 5.47. The molecule has 0 aliphatic rings. The van der Waals surface area contributed by atoms with Gasteiger partial charge >= 0.3 is 0 Å². The number of hydrogen-bond donors (Lipinski definition) is 1. The summed E-state index contributed by atoms with van der Waals surface area (Å²) in [6.07, 6.45) is 1.54. The number of furan rings is 1. The number of rotatable bonds is 4. The van der Waals surface area contributed by atoms with Gasteiger partial charge in [-0.05, 0) is 18.2 Å². The van der Waals surface area contributed by atoms with E-state index in [0.29, 0.717) is 11.5 Å². The number of nitro benzene ring substituents is 1. The van der Waals surface area contributed by atoms with Gasteiger partial charge in [-0.25, -0.2) is 0 Å². The van der Waals surface area contributed by atoms with Crippen LogP contribution < -0.4 is 10.5 Å². The maximum Gasteiger partial charge on any atom is 0.292 e. The summed E-state index contributed by atoms with van der Waals surface area (Å²) in [5.74, 6) is 1.13. The van der Waals surface area contributed by atoms with Crippen molar-refractivity contribution in [2.24, 2.45) is 0 Å². The molecule has 0 fully saturated rings. The van der Waals surface area contributed by atoms with Gasteiger partial charge in [-0.1, -0.05) is 0 Å². The number of nitrogens with two attached hydrogens (primary N) is 1. The molecule has 6 nitrogen and oxygen atoms in total. The molecule has 1 aromatic carbocycles. The van der Waals surface area contributed by atoms with Crippen LogP contribution in [-0.4, -0.2) is 4.92 Å². The molecule has 2 rings (SSSR count). The molecule has 2 N–H and O–H groups in total. The number of anilines is 1. The van der Waals surface area contributed by atoms with Crippen molar-refractivity contribution >= 4 is 11.4 Å². The van der Waals surface area contributed by atoms with Gasteiger partial charge in [0.25, 0.3) is 5.69 Å². The monoisotopic (exact) mass is 234 g/mol. The van der Waals surface area contributed by atoms with Gasteiger partial charge < -0.3 is 14.9 Å². The average molecular weight is 234 g/mol. The van der Waals surface area contributed by atoms with E-state index < -0.39 is 4.92 Å². The molecule has 1 aromatic heterocycles. The molecule has 0 unspecified atom stereocenters. The lowest BCUT2D eigenvalue weighted by Gasteiger charge is -2.05. The first-order valence-electron chi connectivity index (χ1n) is 4.86. The Morgan fingerprint density at radius 3 is 2.82 bits per heavy atom. The maximum atomic E-state index is 10.5. The Hall–Kier alpha value is -2.50. The first-order valence-corrected chi connectivity index (χ1v) is 4.86. The zero-order valence-corrected chi connectivity index (χ0v) is 8.83. The normalized spacial score (nSPS) is 10.1. The van der Waals surface area contributed by atoms with E-state index in [0.717, 1.165) is 0 Å². The van der Waals surface area contributed by atoms with Crippen LogP contribution in [-0.2, 0) is 6.61 Å². The summed E-state index contributed by atoms with van der Waals surface area (Å²) in [6, 6.07) is 7.75. The van der Waals surface area contributed by atoms with Crippen LogP contribution in [0.15, 0.2) is 41.0 Å². The Bertz CT molecular complexity index is 522. The molecule has 0 saturated heterocycles. The van der Waals surface area contributed by atoms with Crippen LogP contribution in [0.4, 0.5) is 11.4 Å². The lowest BCUT2D eigenvalue weighted by molar-refractivity contribution is -0.383. The minimum absolute atomic E-state index is 0.0759. The molecular formula is C11H10N2O4. The molecule has 6 heteroatoms. The highest BCUT2D eigenvalue weighted by molar-refractivity contribution is 5.60. The molecule has 0 radical (unpaired) electrons. The number of nitrogens with zero attached hydrogens (tertiary/aromatic N) is 1. The molecule has 0 spiro atoms. The van der Waals surface area contributed by atoms with Crippen LogP contribution in [0.3, 0.4) is 0 Å². The minimum Gasteiger partial charge on any atom is -0.486 e. The van der Waals surface area contributed by atoms with Crippen LogP contribution in [0.25, 0.3) is 0 Å². The summed E-state index contributed by atoms with van der Waals surface area (Å²) in [6.45, 7) is 0.254. The highest BCUT2D eigenvalue weighted by atomic mass is 16.6. The largest absolute Gasteiger partial charge is 0.486 e. The number of hydrogen-bond acceptors (Lipinski definition) is 5. The van der Waals surface area contributed by atoms with Crippen molar-refractivity contribution in [2.45, 2.75) is 6.61 Å². The SMILES string of the molecule is Nc1cc(OCc2ccco2)ccc1[N+](=O)[O-]. The third-order valence-corrected chi connectivity index (χ3v) is 2.16. The van der Waals surface area contributed by atoms with Crippen molar-refractivity contribution in [1.29, 1.82) is 0 Å². The minimum atomic E-state index is -0.536. The number of nitro groups is 1. The summed E-state index contributed by atoms with van der Waals surface area (Å²) in [7, 11) is 0. The van der Waals surface area contributed by atoms with E-state index in [4.69, 9.17) is 14.9 Å². The topological polar surface area (TPSA) is 91.5 Å². The first-order chi connectivity index (χ1) is 8.16. The predicted octanol–water partition coefficient (Wildman–Crippen LogP) is 2.35. The maximum absolute atomic E-state index is 10.5. The van der Waals surface area contributed by atoms with E-state index in [1.165, 1.54) is 18.2 Å². The zero-order chi connectivity index (χ0) is 12.3. The fraction of sp³-hybridized carbons (Fsp3) is 0.0909. The van der Waals surface area contributed by atoms with E-state index in [-0.39, 0.29) is 18.0 Å². The Labute approximate surface area is 96.8 Å². The Kier molecular flexibility index (Phi) is 2.95. The van der Waals surface area contributed by atoms with Crippen LogP contribution in [0, 0.1) is 10.1 Å². The van der Waals surface area contributed by atoms with Gasteiger partial charge in [0.2, 0.25) is 0 Å². The third-order valence-electron chi connectivity index (χ3n) is 2.16. The Balaban J connectivity index is 2.07. The van der Waals surface area contributed by atoms with Gasteiger partial charge in [0, 0.05) is 12.1 Å². The van der Waals surface area contributed by atoms with Crippen molar-refractivity contribution in [3.05, 3.63) is 52.5 Å². The number of benzene rings is 1. The fourth-order valence-electron chi connectivity index (χ4n) is 1.34. The molecular weight excluding hydrogens is 224 g/mol. The van der Waals surface area contributed by atoms with Crippen molar-refractivity contribution in [2.75, 3.05) is 5.73 Å². The van der Waals surface area contributed by atoms with E-state index in [1.807, 2.05) is 0 Å². The molecule has 0 saturated carbocycles. The molecule has 0 aliphatic carbocycles. The molecule has 0 aliphatic heterocycles. The van der Waals surface area contributed by atoms with Gasteiger partial charge in [0.1, 0.15) is 23.8 Å².